The standard InChI is InChI=1S/C43H56O7S2/c1-2-3-31-49-37-23-25-39(26-24-37)51-42-27-22-35(33-43(42)52(46,47)50-38-18-12-11-13-19-38)40-20-14-15-21-41(40)36(34-45)28-32-48-30-17-10-8-6-4-5-7-9-16-29-44/h11-15,18-27,33,36,44-45H,2-10,16-17,28-32,34H2,1H3. The lowest BCUT2D eigenvalue weighted by Gasteiger charge is -2.20. The number of rotatable bonds is 26. The summed E-state index contributed by atoms with van der Waals surface area (Å²) in [5.74, 6) is 0.847. The third-order valence-electron chi connectivity index (χ3n) is 8.97. The summed E-state index contributed by atoms with van der Waals surface area (Å²) in [6.07, 6.45) is 13.0. The molecule has 0 heterocycles. The smallest absolute Gasteiger partial charge is 0.340 e. The van der Waals surface area contributed by atoms with Crippen molar-refractivity contribution in [1.82, 2.24) is 0 Å². The topological polar surface area (TPSA) is 102 Å². The zero-order chi connectivity index (χ0) is 36.9. The maximum atomic E-state index is 13.9. The minimum atomic E-state index is -4.22. The van der Waals surface area contributed by atoms with E-state index in [9.17, 15) is 13.5 Å². The van der Waals surface area contributed by atoms with Crippen LogP contribution in [-0.4, -0.2) is 51.7 Å². The predicted molar refractivity (Wildman–Crippen MR) is 211 cm³/mol. The first kappa shape index (κ1) is 41.4. The maximum Gasteiger partial charge on any atom is 0.340 e. The van der Waals surface area contributed by atoms with Gasteiger partial charge in [-0.3, -0.25) is 0 Å². The fourth-order valence-corrected chi connectivity index (χ4v) is 8.30. The molecule has 4 aromatic carbocycles. The van der Waals surface area contributed by atoms with Crippen LogP contribution in [0.2, 0.25) is 0 Å². The van der Waals surface area contributed by atoms with E-state index in [-0.39, 0.29) is 23.2 Å². The van der Waals surface area contributed by atoms with E-state index in [0.29, 0.717) is 37.7 Å². The Hall–Kier alpha value is -3.34. The lowest BCUT2D eigenvalue weighted by Crippen LogP contribution is -2.12. The Bertz CT molecular complexity index is 1680. The first-order chi connectivity index (χ1) is 25.4. The molecule has 7 nitrogen and oxygen atoms in total. The highest BCUT2D eigenvalue weighted by atomic mass is 32.2. The van der Waals surface area contributed by atoms with Gasteiger partial charge in [0.15, 0.2) is 0 Å². The van der Waals surface area contributed by atoms with Crippen molar-refractivity contribution in [2.45, 2.75) is 105 Å². The molecule has 0 spiro atoms. The van der Waals surface area contributed by atoms with Gasteiger partial charge >= 0.3 is 10.1 Å². The van der Waals surface area contributed by atoms with E-state index in [1.807, 2.05) is 66.7 Å². The quantitative estimate of drug-likeness (QED) is 0.0483. The molecule has 1 atom stereocenters. The minimum Gasteiger partial charge on any atom is -0.494 e. The monoisotopic (exact) mass is 748 g/mol. The number of aliphatic hydroxyl groups is 2. The van der Waals surface area contributed by atoms with Crippen LogP contribution in [0.5, 0.6) is 11.5 Å². The van der Waals surface area contributed by atoms with E-state index in [1.54, 1.807) is 30.3 Å². The third kappa shape index (κ3) is 13.9. The third-order valence-corrected chi connectivity index (χ3v) is 11.5. The Kier molecular flexibility index (Phi) is 18.6. The number of para-hydroxylation sites is 1. The van der Waals surface area contributed by atoms with Crippen molar-refractivity contribution in [3.63, 3.8) is 0 Å². The molecule has 0 radical (unpaired) electrons. The number of hydrogen-bond acceptors (Lipinski definition) is 8. The summed E-state index contributed by atoms with van der Waals surface area (Å²) in [5.41, 5.74) is 2.53. The fourth-order valence-electron chi connectivity index (χ4n) is 6.01. The van der Waals surface area contributed by atoms with Gasteiger partial charge in [0.25, 0.3) is 0 Å². The van der Waals surface area contributed by atoms with E-state index < -0.39 is 10.1 Å². The second kappa shape index (κ2) is 23.4. The van der Waals surface area contributed by atoms with Gasteiger partial charge in [-0.05, 0) is 90.9 Å². The highest BCUT2D eigenvalue weighted by molar-refractivity contribution is 8.00. The van der Waals surface area contributed by atoms with Crippen LogP contribution in [0.25, 0.3) is 11.1 Å². The molecule has 1 unspecified atom stereocenters. The van der Waals surface area contributed by atoms with Gasteiger partial charge in [0.05, 0.1) is 13.2 Å². The highest BCUT2D eigenvalue weighted by Crippen LogP contribution is 2.39. The van der Waals surface area contributed by atoms with E-state index in [1.165, 1.54) is 43.9 Å². The lowest BCUT2D eigenvalue weighted by atomic mass is 9.89. The van der Waals surface area contributed by atoms with Crippen LogP contribution in [0, 0.1) is 0 Å². The van der Waals surface area contributed by atoms with Crippen molar-refractivity contribution >= 4 is 21.9 Å². The number of ether oxygens (including phenoxy) is 2. The zero-order valence-corrected chi connectivity index (χ0v) is 32.2. The van der Waals surface area contributed by atoms with Crippen molar-refractivity contribution in [3.05, 3.63) is 103 Å². The average Bonchev–Trinajstić information content (AvgIpc) is 3.16. The average molecular weight is 749 g/mol. The van der Waals surface area contributed by atoms with Gasteiger partial charge in [0.1, 0.15) is 16.4 Å². The van der Waals surface area contributed by atoms with Crippen LogP contribution in [0.4, 0.5) is 0 Å². The molecule has 52 heavy (non-hydrogen) atoms. The summed E-state index contributed by atoms with van der Waals surface area (Å²) in [6.45, 7) is 4.26. The van der Waals surface area contributed by atoms with Gasteiger partial charge in [-0.1, -0.05) is 119 Å². The van der Waals surface area contributed by atoms with E-state index in [0.717, 1.165) is 65.9 Å². The summed E-state index contributed by atoms with van der Waals surface area (Å²) >= 11 is 1.35. The maximum absolute atomic E-state index is 13.9. The molecule has 0 bridgehead atoms. The number of unbranched alkanes of at least 4 members (excludes halogenated alkanes) is 9. The van der Waals surface area contributed by atoms with Crippen molar-refractivity contribution in [3.8, 4) is 22.6 Å². The number of hydrogen-bond donors (Lipinski definition) is 2. The molecule has 0 aliphatic carbocycles. The van der Waals surface area contributed by atoms with Crippen molar-refractivity contribution < 1.29 is 32.3 Å². The van der Waals surface area contributed by atoms with Gasteiger partial charge in [-0.25, -0.2) is 0 Å². The molecular formula is C43H56O7S2. The molecule has 9 heteroatoms. The van der Waals surface area contributed by atoms with Gasteiger partial charge in [0.2, 0.25) is 0 Å². The van der Waals surface area contributed by atoms with Crippen LogP contribution in [0.3, 0.4) is 0 Å². The molecule has 0 aliphatic rings. The molecule has 0 fully saturated rings. The second-order valence-corrected chi connectivity index (χ2v) is 15.7. The van der Waals surface area contributed by atoms with Crippen LogP contribution in [0.1, 0.15) is 95.5 Å². The van der Waals surface area contributed by atoms with Gasteiger partial charge in [-0.2, -0.15) is 8.42 Å². The second-order valence-electron chi connectivity index (χ2n) is 13.1. The van der Waals surface area contributed by atoms with E-state index in [4.69, 9.17) is 18.8 Å². The first-order valence-electron chi connectivity index (χ1n) is 18.9. The van der Waals surface area contributed by atoms with Crippen LogP contribution >= 0.6 is 11.8 Å². The van der Waals surface area contributed by atoms with Gasteiger partial charge in [-0.15, -0.1) is 0 Å². The largest absolute Gasteiger partial charge is 0.494 e. The molecular weight excluding hydrogens is 693 g/mol. The van der Waals surface area contributed by atoms with Crippen LogP contribution in [0.15, 0.2) is 112 Å². The minimum absolute atomic E-state index is 0.0486. The van der Waals surface area contributed by atoms with Crippen molar-refractivity contribution in [1.29, 1.82) is 0 Å². The Balaban J connectivity index is 1.45. The molecule has 0 saturated carbocycles. The van der Waals surface area contributed by atoms with Crippen LogP contribution < -0.4 is 8.92 Å². The summed E-state index contributed by atoms with van der Waals surface area (Å²) in [6, 6.07) is 29.5. The van der Waals surface area contributed by atoms with Crippen molar-refractivity contribution in [2.24, 2.45) is 0 Å². The molecule has 282 valence electrons. The summed E-state index contributed by atoms with van der Waals surface area (Å²) in [4.78, 5) is 1.49. The molecule has 0 saturated heterocycles. The van der Waals surface area contributed by atoms with E-state index in [2.05, 4.69) is 6.92 Å². The molecule has 4 rings (SSSR count). The Morgan fingerprint density at radius 2 is 1.35 bits per heavy atom. The van der Waals surface area contributed by atoms with Crippen LogP contribution in [-0.2, 0) is 14.9 Å². The van der Waals surface area contributed by atoms with Gasteiger partial charge in [0, 0.05) is 35.5 Å². The van der Waals surface area contributed by atoms with E-state index >= 15 is 0 Å². The highest BCUT2D eigenvalue weighted by Gasteiger charge is 2.24. The number of aliphatic hydroxyl groups excluding tert-OH is 2. The fraction of sp³-hybridized carbons (Fsp3) is 0.442. The molecule has 2 N–H and O–H groups in total. The summed E-state index contributed by atoms with van der Waals surface area (Å²) in [7, 11) is -4.22. The van der Waals surface area contributed by atoms with Crippen molar-refractivity contribution in [2.75, 3.05) is 33.0 Å². The SMILES string of the molecule is CCCCOc1ccc(Sc2ccc(-c3ccccc3C(CO)CCOCCCCCCCCCCCO)cc2S(=O)(=O)Oc2ccccc2)cc1. The molecule has 0 aliphatic heterocycles. The Morgan fingerprint density at radius 1 is 0.673 bits per heavy atom. The summed E-state index contributed by atoms with van der Waals surface area (Å²) in [5, 5.41) is 19.4. The normalized spacial score (nSPS) is 12.1. The Morgan fingerprint density at radius 3 is 2.04 bits per heavy atom. The van der Waals surface area contributed by atoms with Gasteiger partial charge < -0.3 is 23.9 Å². The first-order valence-corrected chi connectivity index (χ1v) is 21.1. The number of benzene rings is 4. The Labute approximate surface area is 315 Å². The molecule has 4 aromatic rings. The predicted octanol–water partition coefficient (Wildman–Crippen LogP) is 10.4. The molecule has 0 aromatic heterocycles. The lowest BCUT2D eigenvalue weighted by molar-refractivity contribution is 0.115. The summed E-state index contributed by atoms with van der Waals surface area (Å²) < 4.78 is 45.2. The zero-order valence-electron chi connectivity index (χ0n) is 30.6. The molecule has 0 amide bonds.